The molecule has 0 bridgehead atoms. The predicted octanol–water partition coefficient (Wildman–Crippen LogP) is 3.01. The first-order valence-corrected chi connectivity index (χ1v) is 5.78. The molecule has 0 aliphatic carbocycles. The second-order valence-electron chi connectivity index (χ2n) is 3.80. The number of benzene rings is 2. The molecule has 0 aliphatic heterocycles. The molecule has 2 aromatic carbocycles. The molecule has 0 aliphatic rings. The number of nitrogen functional groups attached to an aromatic ring is 2. The zero-order valence-corrected chi connectivity index (χ0v) is 11.0. The van der Waals surface area contributed by atoms with Crippen molar-refractivity contribution in [1.29, 1.82) is 5.26 Å². The van der Waals surface area contributed by atoms with Crippen LogP contribution in [0.15, 0.2) is 47.4 Å². The lowest BCUT2D eigenvalue weighted by Crippen LogP contribution is -1.85. The molecule has 4 N–H and O–H groups in total. The van der Waals surface area contributed by atoms with Gasteiger partial charge in [-0.25, -0.2) is 0 Å². The summed E-state index contributed by atoms with van der Waals surface area (Å²) >= 11 is 4.14. The number of hydrogen-bond acceptors (Lipinski definition) is 4. The zero-order chi connectivity index (χ0) is 13.5. The molecule has 2 rings (SSSR count). The number of nitrogens with two attached hydrogens (primary N) is 2. The van der Waals surface area contributed by atoms with Crippen molar-refractivity contribution < 1.29 is 0 Å². The van der Waals surface area contributed by atoms with Crippen molar-refractivity contribution in [2.24, 2.45) is 0 Å². The van der Waals surface area contributed by atoms with E-state index >= 15 is 0 Å². The maximum atomic E-state index is 8.36. The standard InChI is InChI=1S/C7H6N2.C7H9NS/c8-5-6-2-1-3-7(9)4-6;1-5-2-3-6(8)7(9)4-5/h1-4H,9H2;2-4,9H,8H2,1H3. The number of nitriles is 1. The number of anilines is 2. The lowest BCUT2D eigenvalue weighted by Gasteiger charge is -1.97. The quantitative estimate of drug-likeness (QED) is 0.501. The fourth-order valence-electron chi connectivity index (χ4n) is 1.26. The summed E-state index contributed by atoms with van der Waals surface area (Å²) in [5.74, 6) is 0. The van der Waals surface area contributed by atoms with Gasteiger partial charge in [0.15, 0.2) is 0 Å². The van der Waals surface area contributed by atoms with Crippen molar-refractivity contribution >= 4 is 24.0 Å². The Labute approximate surface area is 112 Å². The van der Waals surface area contributed by atoms with E-state index in [4.69, 9.17) is 16.7 Å². The summed E-state index contributed by atoms with van der Waals surface area (Å²) in [6, 6.07) is 14.6. The fraction of sp³-hybridized carbons (Fsp3) is 0.0714. The molecular weight excluding hydrogens is 242 g/mol. The van der Waals surface area contributed by atoms with Crippen molar-refractivity contribution in [3.05, 3.63) is 53.6 Å². The first-order chi connectivity index (χ1) is 8.52. The first-order valence-electron chi connectivity index (χ1n) is 5.33. The highest BCUT2D eigenvalue weighted by molar-refractivity contribution is 7.80. The van der Waals surface area contributed by atoms with Crippen molar-refractivity contribution in [2.45, 2.75) is 11.8 Å². The van der Waals surface area contributed by atoms with E-state index in [0.29, 0.717) is 11.3 Å². The minimum absolute atomic E-state index is 0.606. The smallest absolute Gasteiger partial charge is 0.0992 e. The second kappa shape index (κ2) is 6.58. The molecule has 0 aromatic heterocycles. The number of aryl methyl sites for hydroxylation is 1. The van der Waals surface area contributed by atoms with Crippen LogP contribution in [0.25, 0.3) is 0 Å². The Morgan fingerprint density at radius 3 is 2.28 bits per heavy atom. The first kappa shape index (κ1) is 13.9. The molecule has 0 unspecified atom stereocenters. The third kappa shape index (κ3) is 4.40. The Bertz CT molecular complexity index is 573. The molecular formula is C14H15N3S. The van der Waals surface area contributed by atoms with E-state index < -0.39 is 0 Å². The van der Waals surface area contributed by atoms with Gasteiger partial charge in [0, 0.05) is 16.3 Å². The molecule has 4 heteroatoms. The van der Waals surface area contributed by atoms with Crippen LogP contribution >= 0.6 is 12.6 Å². The normalized spacial score (nSPS) is 8.94. The van der Waals surface area contributed by atoms with Crippen LogP contribution in [0.3, 0.4) is 0 Å². The number of rotatable bonds is 0. The summed E-state index contributed by atoms with van der Waals surface area (Å²) < 4.78 is 0. The van der Waals surface area contributed by atoms with Crippen molar-refractivity contribution in [3.8, 4) is 6.07 Å². The molecule has 0 heterocycles. The largest absolute Gasteiger partial charge is 0.399 e. The van der Waals surface area contributed by atoms with E-state index in [9.17, 15) is 0 Å². The highest BCUT2D eigenvalue weighted by Crippen LogP contribution is 2.16. The molecule has 3 nitrogen and oxygen atoms in total. The lowest BCUT2D eigenvalue weighted by atomic mass is 10.2. The Hall–Kier alpha value is -2.12. The number of nitrogens with zero attached hydrogens (tertiary/aromatic N) is 1. The van der Waals surface area contributed by atoms with Gasteiger partial charge in [-0.15, -0.1) is 12.6 Å². The van der Waals surface area contributed by atoms with Gasteiger partial charge in [-0.2, -0.15) is 5.26 Å². The van der Waals surface area contributed by atoms with E-state index in [1.807, 2.05) is 31.2 Å². The SMILES string of the molecule is Cc1ccc(N)c(S)c1.N#Cc1cccc(N)c1. The van der Waals surface area contributed by atoms with E-state index in [1.165, 1.54) is 5.56 Å². The van der Waals surface area contributed by atoms with E-state index in [1.54, 1.807) is 24.3 Å². The van der Waals surface area contributed by atoms with Gasteiger partial charge in [0.25, 0.3) is 0 Å². The van der Waals surface area contributed by atoms with Gasteiger partial charge < -0.3 is 11.5 Å². The van der Waals surface area contributed by atoms with Gasteiger partial charge in [-0.3, -0.25) is 0 Å². The summed E-state index contributed by atoms with van der Waals surface area (Å²) in [5, 5.41) is 8.36. The molecule has 0 radical (unpaired) electrons. The zero-order valence-electron chi connectivity index (χ0n) is 10.1. The summed E-state index contributed by atoms with van der Waals surface area (Å²) in [7, 11) is 0. The molecule has 0 amide bonds. The average Bonchev–Trinajstić information content (AvgIpc) is 2.35. The summed E-state index contributed by atoms with van der Waals surface area (Å²) in [6.45, 7) is 2.01. The highest BCUT2D eigenvalue weighted by Gasteiger charge is 1.90. The average molecular weight is 257 g/mol. The van der Waals surface area contributed by atoms with Crippen LogP contribution in [-0.4, -0.2) is 0 Å². The van der Waals surface area contributed by atoms with Crippen LogP contribution in [-0.2, 0) is 0 Å². The minimum atomic E-state index is 0.606. The van der Waals surface area contributed by atoms with Crippen LogP contribution in [0, 0.1) is 18.3 Å². The maximum absolute atomic E-state index is 8.36. The molecule has 0 atom stereocenters. The van der Waals surface area contributed by atoms with Gasteiger partial charge >= 0.3 is 0 Å². The van der Waals surface area contributed by atoms with Crippen LogP contribution in [0.1, 0.15) is 11.1 Å². The molecule has 92 valence electrons. The predicted molar refractivity (Wildman–Crippen MR) is 78.4 cm³/mol. The Morgan fingerprint density at radius 1 is 1.11 bits per heavy atom. The van der Waals surface area contributed by atoms with Gasteiger partial charge in [-0.1, -0.05) is 12.1 Å². The summed E-state index contributed by atoms with van der Waals surface area (Å²) in [6.07, 6.45) is 0. The van der Waals surface area contributed by atoms with Crippen LogP contribution < -0.4 is 11.5 Å². The van der Waals surface area contributed by atoms with Crippen LogP contribution in [0.4, 0.5) is 11.4 Å². The number of hydrogen-bond donors (Lipinski definition) is 3. The van der Waals surface area contributed by atoms with Gasteiger partial charge in [-0.05, 0) is 42.8 Å². The van der Waals surface area contributed by atoms with E-state index in [-0.39, 0.29) is 0 Å². The van der Waals surface area contributed by atoms with E-state index in [2.05, 4.69) is 12.6 Å². The van der Waals surface area contributed by atoms with Crippen LogP contribution in [0.5, 0.6) is 0 Å². The Kier molecular flexibility index (Phi) is 5.09. The lowest BCUT2D eigenvalue weighted by molar-refractivity contribution is 1.37. The Morgan fingerprint density at radius 2 is 1.83 bits per heavy atom. The molecule has 0 saturated carbocycles. The van der Waals surface area contributed by atoms with Gasteiger partial charge in [0.1, 0.15) is 0 Å². The van der Waals surface area contributed by atoms with Crippen molar-refractivity contribution in [1.82, 2.24) is 0 Å². The van der Waals surface area contributed by atoms with E-state index in [0.717, 1.165) is 10.6 Å². The summed E-state index contributed by atoms with van der Waals surface area (Å²) in [5.41, 5.74) is 14.1. The molecule has 2 aromatic rings. The minimum Gasteiger partial charge on any atom is -0.399 e. The second-order valence-corrected chi connectivity index (χ2v) is 4.28. The van der Waals surface area contributed by atoms with Gasteiger partial charge in [0.05, 0.1) is 11.6 Å². The van der Waals surface area contributed by atoms with Crippen molar-refractivity contribution in [2.75, 3.05) is 11.5 Å². The monoisotopic (exact) mass is 257 g/mol. The van der Waals surface area contributed by atoms with Crippen LogP contribution in [0.2, 0.25) is 0 Å². The Balaban J connectivity index is 0.000000180. The molecule has 0 spiro atoms. The highest BCUT2D eigenvalue weighted by atomic mass is 32.1. The third-order valence-corrected chi connectivity index (χ3v) is 2.59. The topological polar surface area (TPSA) is 75.8 Å². The third-order valence-electron chi connectivity index (χ3n) is 2.20. The molecule has 0 saturated heterocycles. The molecule has 0 fully saturated rings. The van der Waals surface area contributed by atoms with Gasteiger partial charge in [0.2, 0.25) is 0 Å². The van der Waals surface area contributed by atoms with Crippen molar-refractivity contribution in [3.63, 3.8) is 0 Å². The molecule has 18 heavy (non-hydrogen) atoms. The maximum Gasteiger partial charge on any atom is 0.0992 e. The summed E-state index contributed by atoms with van der Waals surface area (Å²) in [4.78, 5) is 0.856. The fourth-order valence-corrected chi connectivity index (χ4v) is 1.54. The number of thiol groups is 1.